The third-order valence-corrected chi connectivity index (χ3v) is 3.04. The van der Waals surface area contributed by atoms with Crippen molar-refractivity contribution in [3.8, 4) is 0 Å². The second-order valence-corrected chi connectivity index (χ2v) is 6.53. The molecule has 1 rings (SSSR count). The molecule has 0 amide bonds. The van der Waals surface area contributed by atoms with Crippen molar-refractivity contribution in [3.63, 3.8) is 0 Å². The van der Waals surface area contributed by atoms with E-state index >= 15 is 0 Å². The van der Waals surface area contributed by atoms with Crippen LogP contribution in [0.4, 0.5) is 4.39 Å². The minimum Gasteiger partial charge on any atom is -0.294 e. The first-order chi connectivity index (χ1) is 8.19. The monoisotopic (exact) mass is 270 g/mol. The average molecular weight is 271 g/mol. The van der Waals surface area contributed by atoms with Gasteiger partial charge in [0.25, 0.3) is 0 Å². The van der Waals surface area contributed by atoms with E-state index in [1.165, 1.54) is 18.2 Å². The largest absolute Gasteiger partial charge is 0.294 e. The maximum Gasteiger partial charge on any atom is 0.164 e. The first kappa shape index (κ1) is 15.2. The summed E-state index contributed by atoms with van der Waals surface area (Å²) in [6.07, 6.45) is 1.42. The number of carbonyl (C=O) groups is 1. The van der Waals surface area contributed by atoms with E-state index in [2.05, 4.69) is 27.7 Å². The molecule has 1 aromatic rings. The highest BCUT2D eigenvalue weighted by molar-refractivity contribution is 6.33. The quantitative estimate of drug-likeness (QED) is 0.694. The second-order valence-electron chi connectivity index (χ2n) is 6.12. The molecule has 0 aromatic heterocycles. The maximum absolute atomic E-state index is 12.9. The number of rotatable bonds is 4. The van der Waals surface area contributed by atoms with Gasteiger partial charge in [-0.2, -0.15) is 0 Å². The Hall–Kier alpha value is -0.890. The molecule has 0 aliphatic rings. The summed E-state index contributed by atoms with van der Waals surface area (Å²) in [6.45, 7) is 8.51. The standard InChI is InChI=1S/C15H20ClFO/c1-10(9-15(2,3)4)7-14(18)12-6-5-11(17)8-13(12)16/h5-6,8,10H,7,9H2,1-4H3. The normalized spacial score (nSPS) is 13.4. The van der Waals surface area contributed by atoms with E-state index in [0.29, 0.717) is 17.9 Å². The first-order valence-corrected chi connectivity index (χ1v) is 6.55. The van der Waals surface area contributed by atoms with Crippen LogP contribution in [0.25, 0.3) is 0 Å². The van der Waals surface area contributed by atoms with Gasteiger partial charge in [-0.1, -0.05) is 39.3 Å². The van der Waals surface area contributed by atoms with Gasteiger partial charge in [0.15, 0.2) is 5.78 Å². The molecule has 100 valence electrons. The second kappa shape index (κ2) is 5.83. The lowest BCUT2D eigenvalue weighted by molar-refractivity contribution is 0.0954. The van der Waals surface area contributed by atoms with Gasteiger partial charge >= 0.3 is 0 Å². The summed E-state index contributed by atoms with van der Waals surface area (Å²) in [6, 6.07) is 3.92. The highest BCUT2D eigenvalue weighted by atomic mass is 35.5. The van der Waals surface area contributed by atoms with Crippen LogP contribution in [0, 0.1) is 17.2 Å². The Morgan fingerprint density at radius 1 is 1.39 bits per heavy atom. The molecule has 1 atom stereocenters. The Morgan fingerprint density at radius 2 is 2.00 bits per heavy atom. The zero-order valence-corrected chi connectivity index (χ0v) is 12.1. The molecule has 0 fully saturated rings. The Kier molecular flexibility index (Phi) is 4.92. The van der Waals surface area contributed by atoms with Gasteiger partial charge in [0.2, 0.25) is 0 Å². The number of benzene rings is 1. The molecule has 0 N–H and O–H groups in total. The topological polar surface area (TPSA) is 17.1 Å². The van der Waals surface area contributed by atoms with Gasteiger partial charge < -0.3 is 0 Å². The predicted molar refractivity (Wildman–Crippen MR) is 73.6 cm³/mol. The molecule has 18 heavy (non-hydrogen) atoms. The number of carbonyl (C=O) groups excluding carboxylic acids is 1. The third kappa shape index (κ3) is 4.77. The van der Waals surface area contributed by atoms with E-state index in [1.54, 1.807) is 0 Å². The number of ketones is 1. The van der Waals surface area contributed by atoms with Gasteiger partial charge in [-0.25, -0.2) is 4.39 Å². The SMILES string of the molecule is CC(CC(=O)c1ccc(F)cc1Cl)CC(C)(C)C. The molecule has 0 heterocycles. The lowest BCUT2D eigenvalue weighted by atomic mass is 9.83. The number of hydrogen-bond donors (Lipinski definition) is 0. The molecule has 0 bridgehead atoms. The number of Topliss-reactive ketones (excluding diaryl/α,β-unsaturated/α-hetero) is 1. The van der Waals surface area contributed by atoms with E-state index in [4.69, 9.17) is 11.6 Å². The van der Waals surface area contributed by atoms with Crippen LogP contribution >= 0.6 is 11.6 Å². The highest BCUT2D eigenvalue weighted by Gasteiger charge is 2.19. The fourth-order valence-electron chi connectivity index (χ4n) is 2.26. The Balaban J connectivity index is 2.71. The molecule has 1 aromatic carbocycles. The van der Waals surface area contributed by atoms with Crippen LogP contribution in [0.2, 0.25) is 5.02 Å². The molecule has 0 aliphatic carbocycles. The van der Waals surface area contributed by atoms with Gasteiger partial charge in [0, 0.05) is 12.0 Å². The summed E-state index contributed by atoms with van der Waals surface area (Å²) in [5.74, 6) is -0.144. The minimum absolute atomic E-state index is 0.0169. The van der Waals surface area contributed by atoms with E-state index < -0.39 is 5.82 Å². The Bertz CT molecular complexity index is 435. The highest BCUT2D eigenvalue weighted by Crippen LogP contribution is 2.28. The van der Waals surface area contributed by atoms with Crippen molar-refractivity contribution in [3.05, 3.63) is 34.6 Å². The summed E-state index contributed by atoms with van der Waals surface area (Å²) < 4.78 is 12.9. The predicted octanol–water partition coefficient (Wildman–Crippen LogP) is 5.12. The molecule has 0 aliphatic heterocycles. The lowest BCUT2D eigenvalue weighted by Crippen LogP contribution is -2.14. The van der Waals surface area contributed by atoms with Crippen molar-refractivity contribution in [2.24, 2.45) is 11.3 Å². The van der Waals surface area contributed by atoms with Crippen molar-refractivity contribution in [2.45, 2.75) is 40.5 Å². The first-order valence-electron chi connectivity index (χ1n) is 6.17. The number of halogens is 2. The van der Waals surface area contributed by atoms with E-state index in [0.717, 1.165) is 6.42 Å². The molecular weight excluding hydrogens is 251 g/mol. The summed E-state index contributed by atoms with van der Waals surface area (Å²) in [7, 11) is 0. The fraction of sp³-hybridized carbons (Fsp3) is 0.533. The van der Waals surface area contributed by atoms with Gasteiger partial charge in [0.1, 0.15) is 5.82 Å². The van der Waals surface area contributed by atoms with Crippen molar-refractivity contribution < 1.29 is 9.18 Å². The van der Waals surface area contributed by atoms with Crippen LogP contribution in [-0.4, -0.2) is 5.78 Å². The van der Waals surface area contributed by atoms with E-state index in [-0.39, 0.29) is 16.2 Å². The molecule has 3 heteroatoms. The summed E-state index contributed by atoms with van der Waals surface area (Å²) in [5.41, 5.74) is 0.616. The van der Waals surface area contributed by atoms with Crippen molar-refractivity contribution in [2.75, 3.05) is 0 Å². The smallest absolute Gasteiger partial charge is 0.164 e. The van der Waals surface area contributed by atoms with Gasteiger partial charge in [0.05, 0.1) is 5.02 Å². The summed E-state index contributed by atoms with van der Waals surface area (Å²) in [5, 5.41) is 0.197. The fourth-order valence-corrected chi connectivity index (χ4v) is 2.53. The average Bonchev–Trinajstić information content (AvgIpc) is 2.13. The van der Waals surface area contributed by atoms with Crippen LogP contribution in [0.5, 0.6) is 0 Å². The van der Waals surface area contributed by atoms with Crippen molar-refractivity contribution in [1.29, 1.82) is 0 Å². The molecule has 0 saturated carbocycles. The van der Waals surface area contributed by atoms with Gasteiger partial charge in [-0.15, -0.1) is 0 Å². The summed E-state index contributed by atoms with van der Waals surface area (Å²) >= 11 is 5.88. The molecular formula is C15H20ClFO. The summed E-state index contributed by atoms with van der Waals surface area (Å²) in [4.78, 5) is 12.1. The zero-order valence-electron chi connectivity index (χ0n) is 11.4. The molecule has 0 saturated heterocycles. The van der Waals surface area contributed by atoms with Crippen LogP contribution in [0.1, 0.15) is 50.9 Å². The maximum atomic E-state index is 12.9. The van der Waals surface area contributed by atoms with Crippen LogP contribution in [0.3, 0.4) is 0 Å². The Labute approximate surface area is 113 Å². The zero-order chi connectivity index (χ0) is 13.9. The van der Waals surface area contributed by atoms with Crippen molar-refractivity contribution in [1.82, 2.24) is 0 Å². The minimum atomic E-state index is -0.417. The van der Waals surface area contributed by atoms with Crippen LogP contribution < -0.4 is 0 Å². The van der Waals surface area contributed by atoms with E-state index in [9.17, 15) is 9.18 Å². The van der Waals surface area contributed by atoms with E-state index in [1.807, 2.05) is 0 Å². The van der Waals surface area contributed by atoms with Crippen LogP contribution in [-0.2, 0) is 0 Å². The molecule has 0 spiro atoms. The molecule has 0 radical (unpaired) electrons. The molecule has 1 unspecified atom stereocenters. The van der Waals surface area contributed by atoms with Gasteiger partial charge in [-0.05, 0) is 36.0 Å². The van der Waals surface area contributed by atoms with Crippen LogP contribution in [0.15, 0.2) is 18.2 Å². The lowest BCUT2D eigenvalue weighted by Gasteiger charge is -2.22. The number of hydrogen-bond acceptors (Lipinski definition) is 1. The molecule has 1 nitrogen and oxygen atoms in total. The van der Waals surface area contributed by atoms with Gasteiger partial charge in [-0.3, -0.25) is 4.79 Å². The van der Waals surface area contributed by atoms with Crippen molar-refractivity contribution >= 4 is 17.4 Å². The third-order valence-electron chi connectivity index (χ3n) is 2.73. The Morgan fingerprint density at radius 3 is 2.50 bits per heavy atom.